The fourth-order valence-corrected chi connectivity index (χ4v) is 4.06. The Morgan fingerprint density at radius 1 is 0.364 bits per heavy atom. The molecule has 0 heterocycles. The molecule has 0 aromatic rings. The van der Waals surface area contributed by atoms with Gasteiger partial charge in [0.05, 0.1) is 52.5 Å². The first-order valence-electron chi connectivity index (χ1n) is 15.9. The van der Waals surface area contributed by atoms with E-state index >= 15 is 0 Å². The summed E-state index contributed by atoms with van der Waals surface area (Å²) in [6, 6.07) is 0. The lowest BCUT2D eigenvalue weighted by atomic mass is 10.3. The highest BCUT2D eigenvalue weighted by Crippen LogP contribution is 2.38. The monoisotopic (exact) mass is 642 g/mol. The molecule has 0 aliphatic heterocycles. The van der Waals surface area contributed by atoms with Crippen molar-refractivity contribution in [2.75, 3.05) is 66.1 Å². The van der Waals surface area contributed by atoms with Gasteiger partial charge < -0.3 is 56.8 Å². The van der Waals surface area contributed by atoms with Gasteiger partial charge in [-0.15, -0.1) is 0 Å². The highest BCUT2D eigenvalue weighted by atomic mass is 17.0. The average molecular weight is 643 g/mol. The highest BCUT2D eigenvalue weighted by Gasteiger charge is 2.64. The zero-order valence-electron chi connectivity index (χ0n) is 28.6. The molecule has 14 heteroatoms. The lowest BCUT2D eigenvalue weighted by Gasteiger charge is -2.45. The molecule has 0 bridgehead atoms. The maximum Gasteiger partial charge on any atom is 0.416 e. The van der Waals surface area contributed by atoms with E-state index < -0.39 is 48.7 Å². The number of carbonyl (C=O) groups is 2. The molecule has 14 nitrogen and oxygen atoms in total. The number of rotatable bonds is 29. The van der Waals surface area contributed by atoms with Crippen molar-refractivity contribution in [2.24, 2.45) is 0 Å². The van der Waals surface area contributed by atoms with Gasteiger partial charge in [-0.05, 0) is 68.2 Å². The van der Waals surface area contributed by atoms with Gasteiger partial charge in [-0.3, -0.25) is 9.59 Å². The Labute approximate surface area is 263 Å². The van der Waals surface area contributed by atoms with E-state index in [1.54, 1.807) is 55.4 Å². The number of esters is 2. The van der Waals surface area contributed by atoms with E-state index in [9.17, 15) is 9.59 Å². The number of hydrogen-bond acceptors (Lipinski definition) is 14. The first-order chi connectivity index (χ1) is 21.1. The maximum absolute atomic E-state index is 13.3. The third-order valence-electron chi connectivity index (χ3n) is 5.45. The second-order valence-corrected chi connectivity index (χ2v) is 8.83. The van der Waals surface area contributed by atoms with Crippen LogP contribution in [0.25, 0.3) is 0 Å². The minimum atomic E-state index is -2.24. The molecule has 0 amide bonds. The Morgan fingerprint density at radius 2 is 0.591 bits per heavy atom. The Morgan fingerprint density at radius 3 is 0.795 bits per heavy atom. The van der Waals surface area contributed by atoms with Crippen molar-refractivity contribution >= 4 is 11.9 Å². The summed E-state index contributed by atoms with van der Waals surface area (Å²) in [6.45, 7) is 18.5. The number of hydrogen-bond donors (Lipinski definition) is 0. The third-order valence-corrected chi connectivity index (χ3v) is 5.45. The molecule has 0 fully saturated rings. The van der Waals surface area contributed by atoms with E-state index in [2.05, 4.69) is 0 Å². The molecule has 0 radical (unpaired) electrons. The van der Waals surface area contributed by atoms with Crippen molar-refractivity contribution < 1.29 is 66.4 Å². The molecule has 0 saturated carbocycles. The van der Waals surface area contributed by atoms with Crippen LogP contribution in [-0.2, 0) is 66.4 Å². The van der Waals surface area contributed by atoms with Crippen LogP contribution in [0.4, 0.5) is 0 Å². The van der Waals surface area contributed by atoms with Gasteiger partial charge in [0.2, 0.25) is 0 Å². The summed E-state index contributed by atoms with van der Waals surface area (Å²) < 4.78 is 70.3. The topological polar surface area (TPSA) is 145 Å². The molecule has 262 valence electrons. The predicted molar refractivity (Wildman–Crippen MR) is 158 cm³/mol. The quantitative estimate of drug-likeness (QED) is 0.0826. The molecule has 0 aliphatic rings. The molecule has 0 saturated heterocycles. The van der Waals surface area contributed by atoms with Gasteiger partial charge in [0, 0.05) is 26.4 Å². The number of ether oxygens (including phenoxy) is 12. The first-order valence-corrected chi connectivity index (χ1v) is 15.9. The highest BCUT2D eigenvalue weighted by molar-refractivity contribution is 5.78. The summed E-state index contributed by atoms with van der Waals surface area (Å²) in [5.41, 5.74) is 0. The molecule has 0 aromatic carbocycles. The van der Waals surface area contributed by atoms with Crippen molar-refractivity contribution in [1.82, 2.24) is 0 Å². The van der Waals surface area contributed by atoms with Crippen LogP contribution >= 0.6 is 0 Å². The van der Waals surface area contributed by atoms with Crippen LogP contribution in [0.1, 0.15) is 94.9 Å². The van der Waals surface area contributed by atoms with Crippen LogP contribution in [0.5, 0.6) is 0 Å². The molecule has 0 aromatic heterocycles. The molecule has 0 atom stereocenters. The lowest BCUT2D eigenvalue weighted by Crippen LogP contribution is -2.65. The van der Waals surface area contributed by atoms with E-state index in [0.717, 1.165) is 0 Å². The van der Waals surface area contributed by atoms with Crippen LogP contribution in [0.3, 0.4) is 0 Å². The molecule has 0 aliphatic carbocycles. The standard InChI is InChI=1S/C30H58O14/c1-11-23-41-27(33-13-3,34-14-4)29(37-17-7,38-18-8)43-25(31)21-22-26(32)44-30(39-19-9,40-20-10)28(35-15-5,36-16-6)42-24-12-2/h11-24H2,1-10H3. The summed E-state index contributed by atoms with van der Waals surface area (Å²) in [5.74, 6) is -10.3. The average Bonchev–Trinajstić information content (AvgIpc) is 2.98. The third kappa shape index (κ3) is 11.7. The van der Waals surface area contributed by atoms with Crippen LogP contribution in [-0.4, -0.2) is 102 Å². The molecule has 0 rings (SSSR count). The fraction of sp³-hybridized carbons (Fsp3) is 0.933. The SMILES string of the molecule is CCCOC(OCC)(OCC)C(OCC)(OCC)OC(=O)CCC(=O)OC(OCC)(OCC)C(OCC)(OCC)OCCC. The van der Waals surface area contributed by atoms with E-state index in [1.165, 1.54) is 0 Å². The molecule has 0 N–H and O–H groups in total. The van der Waals surface area contributed by atoms with Crippen LogP contribution in [0.15, 0.2) is 0 Å². The zero-order chi connectivity index (χ0) is 33.5. The van der Waals surface area contributed by atoms with Crippen molar-refractivity contribution in [1.29, 1.82) is 0 Å². The van der Waals surface area contributed by atoms with Gasteiger partial charge in [-0.1, -0.05) is 13.8 Å². The van der Waals surface area contributed by atoms with Gasteiger partial charge in [0.25, 0.3) is 0 Å². The lowest BCUT2D eigenvalue weighted by molar-refractivity contribution is -0.550. The summed E-state index contributed by atoms with van der Waals surface area (Å²) in [6.07, 6.45) is 0.293. The second kappa shape index (κ2) is 23.0. The number of carbonyl (C=O) groups excluding carboxylic acids is 2. The summed E-state index contributed by atoms with van der Waals surface area (Å²) in [7, 11) is 0. The Balaban J connectivity index is 6.33. The van der Waals surface area contributed by atoms with Crippen molar-refractivity contribution in [3.63, 3.8) is 0 Å². The normalized spacial score (nSPS) is 12.9. The maximum atomic E-state index is 13.3. The predicted octanol–water partition coefficient (Wildman–Crippen LogP) is 4.61. The molecule has 0 spiro atoms. The molecule has 44 heavy (non-hydrogen) atoms. The van der Waals surface area contributed by atoms with Gasteiger partial charge >= 0.3 is 35.8 Å². The van der Waals surface area contributed by atoms with Crippen molar-refractivity contribution in [3.05, 3.63) is 0 Å². The minimum absolute atomic E-state index is 0.0483. The minimum Gasteiger partial charge on any atom is -0.401 e. The Bertz CT molecular complexity index is 676. The van der Waals surface area contributed by atoms with Crippen LogP contribution in [0.2, 0.25) is 0 Å². The smallest absolute Gasteiger partial charge is 0.401 e. The van der Waals surface area contributed by atoms with Crippen LogP contribution in [0, 0.1) is 0 Å². The Kier molecular flexibility index (Phi) is 22.2. The molecular weight excluding hydrogens is 584 g/mol. The summed E-state index contributed by atoms with van der Waals surface area (Å²) >= 11 is 0. The summed E-state index contributed by atoms with van der Waals surface area (Å²) in [4.78, 5) is 26.6. The van der Waals surface area contributed by atoms with E-state index in [1.807, 2.05) is 13.8 Å². The van der Waals surface area contributed by atoms with Gasteiger partial charge in [-0.25, -0.2) is 0 Å². The van der Waals surface area contributed by atoms with E-state index in [0.29, 0.717) is 12.8 Å². The van der Waals surface area contributed by atoms with Gasteiger partial charge in [0.1, 0.15) is 0 Å². The second-order valence-electron chi connectivity index (χ2n) is 8.83. The molecule has 0 unspecified atom stereocenters. The largest absolute Gasteiger partial charge is 0.416 e. The summed E-state index contributed by atoms with van der Waals surface area (Å²) in [5, 5.41) is 0. The van der Waals surface area contributed by atoms with Gasteiger partial charge in [-0.2, -0.15) is 0 Å². The fourth-order valence-electron chi connectivity index (χ4n) is 4.06. The zero-order valence-corrected chi connectivity index (χ0v) is 28.6. The first kappa shape index (κ1) is 42.5. The molecular formula is C30H58O14. The van der Waals surface area contributed by atoms with Crippen LogP contribution < -0.4 is 0 Å². The van der Waals surface area contributed by atoms with Crippen molar-refractivity contribution in [3.8, 4) is 0 Å². The van der Waals surface area contributed by atoms with Gasteiger partial charge in [0.15, 0.2) is 0 Å². The van der Waals surface area contributed by atoms with Crippen molar-refractivity contribution in [2.45, 2.75) is 119 Å². The Hall–Kier alpha value is -1.46. The van der Waals surface area contributed by atoms with E-state index in [4.69, 9.17) is 56.8 Å². The van der Waals surface area contributed by atoms with E-state index in [-0.39, 0.29) is 66.1 Å².